The number of nitrogens with zero attached hydrogens (tertiary/aromatic N) is 5. The second-order valence-electron chi connectivity index (χ2n) is 10.9. The van der Waals surface area contributed by atoms with Gasteiger partial charge in [-0.05, 0) is 56.7 Å². The summed E-state index contributed by atoms with van der Waals surface area (Å²) in [6.07, 6.45) is 3.40. The Hall–Kier alpha value is -3.16. The molecule has 0 bridgehead atoms. The Kier molecular flexibility index (Phi) is 7.21. The van der Waals surface area contributed by atoms with Crippen LogP contribution in [0.1, 0.15) is 55.4 Å². The number of fused-ring (bicyclic) bond motifs is 2. The van der Waals surface area contributed by atoms with Crippen molar-refractivity contribution in [1.82, 2.24) is 19.8 Å². The minimum absolute atomic E-state index is 0.0479. The topological polar surface area (TPSA) is 90.9 Å². The monoisotopic (exact) mass is 548 g/mol. The molecular weight excluding hydrogens is 512 g/mol. The van der Waals surface area contributed by atoms with Gasteiger partial charge in [-0.25, -0.2) is 9.97 Å². The Morgan fingerprint density at radius 1 is 1.13 bits per heavy atom. The van der Waals surface area contributed by atoms with Crippen LogP contribution in [0.2, 0.25) is 0 Å². The van der Waals surface area contributed by atoms with Crippen LogP contribution >= 0.6 is 0 Å². The first-order valence-electron chi connectivity index (χ1n) is 13.9. The summed E-state index contributed by atoms with van der Waals surface area (Å²) >= 11 is 0. The van der Waals surface area contributed by atoms with Crippen molar-refractivity contribution in [2.24, 2.45) is 0 Å². The van der Waals surface area contributed by atoms with Crippen molar-refractivity contribution in [3.63, 3.8) is 0 Å². The average molecular weight is 549 g/mol. The highest BCUT2D eigenvalue weighted by atomic mass is 32.2. The third-order valence-corrected chi connectivity index (χ3v) is 9.75. The fraction of sp³-hybridized carbons (Fsp3) is 0.552. The van der Waals surface area contributed by atoms with Crippen LogP contribution in [0.4, 0.5) is 17.3 Å². The number of amides is 1. The van der Waals surface area contributed by atoms with Crippen molar-refractivity contribution in [2.45, 2.75) is 51.7 Å². The predicted octanol–water partition coefficient (Wildman–Crippen LogP) is 2.96. The van der Waals surface area contributed by atoms with E-state index in [2.05, 4.69) is 62.9 Å². The first kappa shape index (κ1) is 26.1. The second kappa shape index (κ2) is 10.8. The highest BCUT2D eigenvalue weighted by Crippen LogP contribution is 2.45. The zero-order valence-electron chi connectivity index (χ0n) is 22.9. The van der Waals surface area contributed by atoms with E-state index >= 15 is 0 Å². The SMILES string of the molecule is CC#CC(=O)N1CCC(N2CC(c3cc(C)c4c(c3)Nc3ncnc(N5CCS(=O)CC5)c3C(C)O4)C2)CC1. The van der Waals surface area contributed by atoms with Crippen molar-refractivity contribution in [2.75, 3.05) is 61.0 Å². The van der Waals surface area contributed by atoms with Gasteiger partial charge in [-0.15, -0.1) is 0 Å². The molecule has 39 heavy (non-hydrogen) atoms. The lowest BCUT2D eigenvalue weighted by Gasteiger charge is -2.47. The largest absolute Gasteiger partial charge is 0.483 e. The van der Waals surface area contributed by atoms with E-state index in [4.69, 9.17) is 4.74 Å². The number of nitrogens with one attached hydrogen (secondary N) is 1. The van der Waals surface area contributed by atoms with Crippen LogP contribution < -0.4 is 15.0 Å². The van der Waals surface area contributed by atoms with Crippen molar-refractivity contribution in [1.29, 1.82) is 0 Å². The Balaban J connectivity index is 1.16. The summed E-state index contributed by atoms with van der Waals surface area (Å²) in [5, 5.41) is 3.58. The highest BCUT2D eigenvalue weighted by molar-refractivity contribution is 7.85. The molecule has 0 saturated carbocycles. The number of anilines is 3. The number of hydrogen-bond donors (Lipinski definition) is 1. The van der Waals surface area contributed by atoms with Gasteiger partial charge in [0.2, 0.25) is 0 Å². The molecule has 5 heterocycles. The predicted molar refractivity (Wildman–Crippen MR) is 153 cm³/mol. The molecule has 4 aliphatic rings. The van der Waals surface area contributed by atoms with E-state index in [1.807, 2.05) is 4.90 Å². The van der Waals surface area contributed by atoms with E-state index in [9.17, 15) is 9.00 Å². The Morgan fingerprint density at radius 2 is 1.87 bits per heavy atom. The van der Waals surface area contributed by atoms with Crippen molar-refractivity contribution in [3.8, 4) is 17.6 Å². The summed E-state index contributed by atoms with van der Waals surface area (Å²) in [7, 11) is -0.752. The normalized spacial score (nSPS) is 22.4. The fourth-order valence-corrected chi connectivity index (χ4v) is 7.31. The van der Waals surface area contributed by atoms with E-state index in [1.165, 1.54) is 5.56 Å². The number of carbonyl (C=O) groups is 1. The lowest BCUT2D eigenvalue weighted by molar-refractivity contribution is -0.126. The molecule has 0 aliphatic carbocycles. The van der Waals surface area contributed by atoms with Gasteiger partial charge in [0.05, 0.1) is 11.3 Å². The second-order valence-corrected chi connectivity index (χ2v) is 12.6. The summed E-state index contributed by atoms with van der Waals surface area (Å²) in [5.74, 6) is 9.63. The smallest absolute Gasteiger partial charge is 0.298 e. The molecule has 1 amide bonds. The molecule has 1 aromatic heterocycles. The van der Waals surface area contributed by atoms with E-state index in [0.29, 0.717) is 23.5 Å². The van der Waals surface area contributed by atoms with Gasteiger partial charge in [0, 0.05) is 73.5 Å². The van der Waals surface area contributed by atoms with Gasteiger partial charge < -0.3 is 19.9 Å². The molecule has 6 rings (SSSR count). The number of piperidine rings is 1. The van der Waals surface area contributed by atoms with Gasteiger partial charge in [0.1, 0.15) is 29.8 Å². The fourth-order valence-electron chi connectivity index (χ4n) is 6.25. The summed E-state index contributed by atoms with van der Waals surface area (Å²) in [5.41, 5.74) is 4.32. The van der Waals surface area contributed by atoms with Gasteiger partial charge in [-0.2, -0.15) is 0 Å². The minimum Gasteiger partial charge on any atom is -0.483 e. The van der Waals surface area contributed by atoms with Crippen molar-refractivity contribution < 1.29 is 13.7 Å². The van der Waals surface area contributed by atoms with Gasteiger partial charge in [-0.3, -0.25) is 13.9 Å². The molecule has 0 radical (unpaired) electrons. The summed E-state index contributed by atoms with van der Waals surface area (Å²) in [6, 6.07) is 5.02. The maximum atomic E-state index is 12.1. The maximum absolute atomic E-state index is 12.1. The zero-order valence-corrected chi connectivity index (χ0v) is 23.7. The minimum atomic E-state index is -0.752. The van der Waals surface area contributed by atoms with Crippen LogP contribution in [0, 0.1) is 18.8 Å². The van der Waals surface area contributed by atoms with E-state index in [1.54, 1.807) is 13.3 Å². The maximum Gasteiger partial charge on any atom is 0.298 e. The van der Waals surface area contributed by atoms with Crippen LogP contribution in [0.5, 0.6) is 5.75 Å². The number of aryl methyl sites for hydroxylation is 1. The van der Waals surface area contributed by atoms with E-state index in [0.717, 1.165) is 86.3 Å². The molecule has 3 saturated heterocycles. The van der Waals surface area contributed by atoms with Crippen molar-refractivity contribution >= 4 is 34.0 Å². The molecule has 0 spiro atoms. The van der Waals surface area contributed by atoms with Crippen LogP contribution in [0.3, 0.4) is 0 Å². The van der Waals surface area contributed by atoms with Crippen LogP contribution in [0.15, 0.2) is 18.5 Å². The third kappa shape index (κ3) is 5.10. The molecule has 1 atom stereocenters. The number of carbonyl (C=O) groups excluding carboxylic acids is 1. The van der Waals surface area contributed by atoms with Gasteiger partial charge in [0.15, 0.2) is 0 Å². The molecule has 9 nitrogen and oxygen atoms in total. The molecule has 4 aliphatic heterocycles. The van der Waals surface area contributed by atoms with Crippen molar-refractivity contribution in [3.05, 3.63) is 35.2 Å². The number of benzene rings is 1. The number of hydrogen-bond acceptors (Lipinski definition) is 8. The lowest BCUT2D eigenvalue weighted by atomic mass is 9.87. The number of rotatable bonds is 3. The van der Waals surface area contributed by atoms with Gasteiger partial charge in [0.25, 0.3) is 5.91 Å². The Bertz CT molecular complexity index is 1350. The average Bonchev–Trinajstić information content (AvgIpc) is 3.05. The zero-order chi connectivity index (χ0) is 27.1. The summed E-state index contributed by atoms with van der Waals surface area (Å²) in [4.78, 5) is 28.0. The standard InChI is InChI=1S/C29H36N6O3S/c1-4-5-25(36)33-8-6-23(7-9-33)35-16-22(17-35)21-14-19(2)27-24(15-21)32-28-26(20(3)38-27)29(31-18-30-28)34-10-12-39(37)13-11-34/h14-15,18,20,22-23H,6-13,16-17H2,1-3H3,(H,30,31,32). The number of likely N-dealkylation sites (tertiary alicyclic amines) is 2. The lowest BCUT2D eigenvalue weighted by Crippen LogP contribution is -2.54. The number of aromatic nitrogens is 2. The summed E-state index contributed by atoms with van der Waals surface area (Å²) in [6.45, 7) is 11.0. The Morgan fingerprint density at radius 3 is 2.59 bits per heavy atom. The number of ether oxygens (including phenoxy) is 1. The molecule has 1 unspecified atom stereocenters. The molecule has 3 fully saturated rings. The Labute approximate surface area is 232 Å². The first-order valence-corrected chi connectivity index (χ1v) is 15.4. The van der Waals surface area contributed by atoms with Crippen LogP contribution in [-0.2, 0) is 15.6 Å². The van der Waals surface area contributed by atoms with Gasteiger partial charge >= 0.3 is 0 Å². The molecule has 10 heteroatoms. The molecular formula is C29H36N6O3S. The first-order chi connectivity index (χ1) is 18.9. The van der Waals surface area contributed by atoms with Gasteiger partial charge in [-0.1, -0.05) is 12.0 Å². The molecule has 2 aromatic rings. The quantitative estimate of drug-likeness (QED) is 0.586. The molecule has 1 N–H and O–H groups in total. The van der Waals surface area contributed by atoms with Crippen LogP contribution in [-0.4, -0.2) is 86.7 Å². The van der Waals surface area contributed by atoms with E-state index in [-0.39, 0.29) is 12.0 Å². The molecule has 206 valence electrons. The van der Waals surface area contributed by atoms with Crippen LogP contribution in [0.25, 0.3) is 0 Å². The highest BCUT2D eigenvalue weighted by Gasteiger charge is 2.37. The molecule has 1 aromatic carbocycles. The third-order valence-electron chi connectivity index (χ3n) is 8.47. The van der Waals surface area contributed by atoms with E-state index < -0.39 is 10.8 Å². The summed E-state index contributed by atoms with van der Waals surface area (Å²) < 4.78 is 18.4.